The second-order valence-electron chi connectivity index (χ2n) is 9.61. The lowest BCUT2D eigenvalue weighted by Gasteiger charge is -2.21. The van der Waals surface area contributed by atoms with Gasteiger partial charge in [-0.25, -0.2) is 4.79 Å². The number of rotatable bonds is 12. The quantitative estimate of drug-likeness (QED) is 0.410. The van der Waals surface area contributed by atoms with E-state index >= 15 is 0 Å². The van der Waals surface area contributed by atoms with E-state index in [0.29, 0.717) is 18.9 Å². The van der Waals surface area contributed by atoms with Crippen LogP contribution in [0.1, 0.15) is 62.5 Å². The van der Waals surface area contributed by atoms with E-state index in [1.807, 2.05) is 31.2 Å². The first-order valence-electron chi connectivity index (χ1n) is 12.6. The largest absolute Gasteiger partial charge is 0.481 e. The van der Waals surface area contributed by atoms with E-state index in [4.69, 9.17) is 9.84 Å². The number of fused-ring (bicyclic) bond motifs is 3. The lowest BCUT2D eigenvalue weighted by atomic mass is 9.98. The van der Waals surface area contributed by atoms with Crippen molar-refractivity contribution in [1.82, 2.24) is 10.6 Å². The minimum atomic E-state index is -0.851. The lowest BCUT2D eigenvalue weighted by Crippen LogP contribution is -2.48. The molecule has 2 aromatic carbocycles. The fourth-order valence-corrected chi connectivity index (χ4v) is 5.01. The Hall–Kier alpha value is -3.35. The third-order valence-electron chi connectivity index (χ3n) is 7.06. The van der Waals surface area contributed by atoms with Gasteiger partial charge in [0, 0.05) is 12.5 Å². The number of hydrogen-bond acceptors (Lipinski definition) is 4. The second kappa shape index (κ2) is 11.4. The van der Waals surface area contributed by atoms with Crippen LogP contribution >= 0.6 is 0 Å². The number of alkyl carbamates (subject to hydrolysis) is 1. The van der Waals surface area contributed by atoms with Gasteiger partial charge < -0.3 is 20.5 Å². The molecule has 0 heterocycles. The molecule has 2 aliphatic carbocycles. The zero-order chi connectivity index (χ0) is 24.8. The maximum atomic E-state index is 12.9. The maximum absolute atomic E-state index is 12.9. The highest BCUT2D eigenvalue weighted by atomic mass is 16.5. The van der Waals surface area contributed by atoms with Crippen LogP contribution in [0.3, 0.4) is 0 Å². The Balaban J connectivity index is 1.34. The topological polar surface area (TPSA) is 105 Å². The molecule has 186 valence electrons. The Bertz CT molecular complexity index is 1020. The number of carbonyl (C=O) groups excluding carboxylic acids is 2. The summed E-state index contributed by atoms with van der Waals surface area (Å²) in [7, 11) is 0. The van der Waals surface area contributed by atoms with Crippen LogP contribution in [0.15, 0.2) is 48.5 Å². The zero-order valence-corrected chi connectivity index (χ0v) is 20.2. The second-order valence-corrected chi connectivity index (χ2v) is 9.61. The van der Waals surface area contributed by atoms with E-state index in [-0.39, 0.29) is 30.8 Å². The van der Waals surface area contributed by atoms with Crippen molar-refractivity contribution in [2.24, 2.45) is 11.8 Å². The van der Waals surface area contributed by atoms with Crippen molar-refractivity contribution in [1.29, 1.82) is 0 Å². The molecule has 0 radical (unpaired) electrons. The summed E-state index contributed by atoms with van der Waals surface area (Å²) in [5.41, 5.74) is 4.57. The number of unbranched alkanes of at least 4 members (excludes halogenated alkanes) is 1. The Kier molecular flexibility index (Phi) is 8.06. The molecule has 1 fully saturated rings. The Morgan fingerprint density at radius 1 is 1.03 bits per heavy atom. The number of nitrogens with one attached hydrogen (secondary N) is 2. The summed E-state index contributed by atoms with van der Waals surface area (Å²) in [4.78, 5) is 36.7. The van der Waals surface area contributed by atoms with Crippen molar-refractivity contribution in [2.75, 3.05) is 13.2 Å². The number of carbonyl (C=O) groups is 3. The van der Waals surface area contributed by atoms with Crippen LogP contribution in [0.2, 0.25) is 0 Å². The van der Waals surface area contributed by atoms with E-state index in [9.17, 15) is 14.4 Å². The summed E-state index contributed by atoms with van der Waals surface area (Å²) in [6.45, 7) is 2.52. The molecule has 0 aliphatic heterocycles. The van der Waals surface area contributed by atoms with Crippen LogP contribution in [-0.4, -0.2) is 42.3 Å². The number of ether oxygens (including phenoxy) is 1. The predicted octanol–water partition coefficient (Wildman–Crippen LogP) is 4.70. The smallest absolute Gasteiger partial charge is 0.407 e. The number of benzene rings is 2. The number of amides is 2. The molecule has 2 aliphatic rings. The summed E-state index contributed by atoms with van der Waals surface area (Å²) >= 11 is 0. The molecule has 2 aromatic rings. The molecule has 2 unspecified atom stereocenters. The van der Waals surface area contributed by atoms with E-state index in [1.165, 1.54) is 0 Å². The number of aliphatic carboxylic acids is 1. The molecule has 7 nitrogen and oxygen atoms in total. The average Bonchev–Trinajstić information content (AvgIpc) is 3.65. The first-order valence-corrected chi connectivity index (χ1v) is 12.6. The summed E-state index contributed by atoms with van der Waals surface area (Å²) in [6.07, 6.45) is 3.61. The van der Waals surface area contributed by atoms with Crippen LogP contribution < -0.4 is 10.6 Å². The predicted molar refractivity (Wildman–Crippen MR) is 133 cm³/mol. The average molecular weight is 479 g/mol. The van der Waals surface area contributed by atoms with Gasteiger partial charge in [0.05, 0.1) is 6.42 Å². The van der Waals surface area contributed by atoms with Crippen LogP contribution in [0.25, 0.3) is 11.1 Å². The highest BCUT2D eigenvalue weighted by Crippen LogP contribution is 2.44. The molecule has 0 bridgehead atoms. The first-order chi connectivity index (χ1) is 17.0. The zero-order valence-electron chi connectivity index (χ0n) is 20.2. The Morgan fingerprint density at radius 2 is 1.66 bits per heavy atom. The fraction of sp³-hybridized carbons (Fsp3) is 0.464. The van der Waals surface area contributed by atoms with Crippen LogP contribution in [0.5, 0.6) is 0 Å². The van der Waals surface area contributed by atoms with E-state index in [1.54, 1.807) is 0 Å². The monoisotopic (exact) mass is 478 g/mol. The summed E-state index contributed by atoms with van der Waals surface area (Å²) in [5, 5.41) is 14.8. The van der Waals surface area contributed by atoms with Gasteiger partial charge in [-0.05, 0) is 53.4 Å². The van der Waals surface area contributed by atoms with Crippen molar-refractivity contribution < 1.29 is 24.2 Å². The van der Waals surface area contributed by atoms with Crippen molar-refractivity contribution in [3.63, 3.8) is 0 Å². The van der Waals surface area contributed by atoms with E-state index in [2.05, 4.69) is 34.9 Å². The van der Waals surface area contributed by atoms with Gasteiger partial charge in [-0.1, -0.05) is 68.3 Å². The molecule has 0 spiro atoms. The third-order valence-corrected chi connectivity index (χ3v) is 7.06. The fourth-order valence-electron chi connectivity index (χ4n) is 5.01. The van der Waals surface area contributed by atoms with Gasteiger partial charge in [0.25, 0.3) is 0 Å². The van der Waals surface area contributed by atoms with Crippen molar-refractivity contribution in [2.45, 2.75) is 57.4 Å². The molecular weight excluding hydrogens is 444 g/mol. The molecule has 0 saturated heterocycles. The molecule has 2 amide bonds. The molecule has 2 atom stereocenters. The van der Waals surface area contributed by atoms with Crippen molar-refractivity contribution >= 4 is 18.0 Å². The Morgan fingerprint density at radius 3 is 2.23 bits per heavy atom. The molecule has 1 saturated carbocycles. The lowest BCUT2D eigenvalue weighted by molar-refractivity contribution is -0.138. The van der Waals surface area contributed by atoms with Gasteiger partial charge in [-0.2, -0.15) is 0 Å². The standard InChI is InChI=1S/C28H34N2O5/c1-2-3-12-25(27(33)29-16-19(15-26(31)32)18-13-14-18)30-28(34)35-17-24-22-10-6-4-8-20(22)21-9-5-7-11-23(21)24/h4-11,18-19,24-25H,2-3,12-17H2,1H3,(H,29,33)(H,30,34)(H,31,32). The highest BCUT2D eigenvalue weighted by molar-refractivity contribution is 5.85. The van der Waals surface area contributed by atoms with Gasteiger partial charge in [0.15, 0.2) is 0 Å². The number of carboxylic acid groups (broad SMARTS) is 1. The van der Waals surface area contributed by atoms with Crippen molar-refractivity contribution in [3.05, 3.63) is 59.7 Å². The SMILES string of the molecule is CCCCC(NC(=O)OCC1c2ccccc2-c2ccccc21)C(=O)NCC(CC(=O)O)C1CC1. The van der Waals surface area contributed by atoms with Gasteiger partial charge >= 0.3 is 12.1 Å². The first kappa shape index (κ1) is 24.8. The van der Waals surface area contributed by atoms with Crippen LogP contribution in [0, 0.1) is 11.8 Å². The highest BCUT2D eigenvalue weighted by Gasteiger charge is 2.34. The minimum absolute atomic E-state index is 0.0460. The van der Waals surface area contributed by atoms with Gasteiger partial charge in [-0.15, -0.1) is 0 Å². The van der Waals surface area contributed by atoms with Crippen LogP contribution in [0.4, 0.5) is 4.79 Å². The van der Waals surface area contributed by atoms with Crippen LogP contribution in [-0.2, 0) is 14.3 Å². The summed E-state index contributed by atoms with van der Waals surface area (Å²) in [5.74, 6) is -0.904. The molecule has 7 heteroatoms. The number of carboxylic acids is 1. The normalized spacial score (nSPS) is 16.0. The third kappa shape index (κ3) is 6.21. The number of hydrogen-bond donors (Lipinski definition) is 3. The maximum Gasteiger partial charge on any atom is 0.407 e. The van der Waals surface area contributed by atoms with Gasteiger partial charge in [-0.3, -0.25) is 9.59 Å². The molecule has 0 aromatic heterocycles. The molecule has 35 heavy (non-hydrogen) atoms. The van der Waals surface area contributed by atoms with E-state index < -0.39 is 18.1 Å². The molecule has 3 N–H and O–H groups in total. The molecular formula is C28H34N2O5. The molecule has 4 rings (SSSR count). The van der Waals surface area contributed by atoms with Crippen molar-refractivity contribution in [3.8, 4) is 11.1 Å². The Labute approximate surface area is 206 Å². The van der Waals surface area contributed by atoms with Gasteiger partial charge in [0.1, 0.15) is 12.6 Å². The van der Waals surface area contributed by atoms with E-state index in [0.717, 1.165) is 47.9 Å². The minimum Gasteiger partial charge on any atom is -0.481 e. The van der Waals surface area contributed by atoms with Gasteiger partial charge in [0.2, 0.25) is 5.91 Å². The summed E-state index contributed by atoms with van der Waals surface area (Å²) in [6, 6.07) is 15.6. The summed E-state index contributed by atoms with van der Waals surface area (Å²) < 4.78 is 5.62.